The van der Waals surface area contributed by atoms with E-state index < -0.39 is 12.2 Å². The number of aliphatic hydroxyl groups excluding tert-OH is 2. The third-order valence-electron chi connectivity index (χ3n) is 2.30. The molecule has 1 aliphatic rings. The number of ether oxygens (including phenoxy) is 1. The van der Waals surface area contributed by atoms with Crippen LogP contribution >= 0.6 is 0 Å². The molecule has 0 aliphatic carbocycles. The maximum absolute atomic E-state index is 9.44. The van der Waals surface area contributed by atoms with E-state index in [2.05, 4.69) is 9.97 Å². The minimum atomic E-state index is -0.784. The standard InChI is InChI=1S/C9H12N2O3/c12-7-3-9(14-4-8(7)13)6-1-2-10-5-11-6/h1-2,5,7-9,12-13H,3-4H2/t7-,8+,9+/m0/s1. The number of nitrogens with zero attached hydrogens (tertiary/aromatic N) is 2. The van der Waals surface area contributed by atoms with Gasteiger partial charge in [0.25, 0.3) is 0 Å². The van der Waals surface area contributed by atoms with E-state index in [-0.39, 0.29) is 12.7 Å². The van der Waals surface area contributed by atoms with E-state index in [0.29, 0.717) is 6.42 Å². The molecule has 14 heavy (non-hydrogen) atoms. The van der Waals surface area contributed by atoms with Gasteiger partial charge in [-0.1, -0.05) is 0 Å². The van der Waals surface area contributed by atoms with Crippen LogP contribution in [-0.2, 0) is 4.74 Å². The molecule has 0 spiro atoms. The molecule has 76 valence electrons. The predicted molar refractivity (Wildman–Crippen MR) is 47.4 cm³/mol. The third kappa shape index (κ3) is 1.89. The molecule has 1 saturated heterocycles. The number of hydrogen-bond donors (Lipinski definition) is 2. The normalized spacial score (nSPS) is 32.9. The second-order valence-electron chi connectivity index (χ2n) is 3.33. The van der Waals surface area contributed by atoms with Crippen LogP contribution in [0.5, 0.6) is 0 Å². The topological polar surface area (TPSA) is 75.5 Å². The molecule has 0 radical (unpaired) electrons. The Bertz CT molecular complexity index is 293. The summed E-state index contributed by atoms with van der Waals surface area (Å²) in [5.41, 5.74) is 0.742. The zero-order valence-corrected chi connectivity index (χ0v) is 7.58. The molecule has 1 aromatic heterocycles. The van der Waals surface area contributed by atoms with Gasteiger partial charge in [-0.2, -0.15) is 0 Å². The molecule has 2 N–H and O–H groups in total. The van der Waals surface area contributed by atoms with Crippen molar-refractivity contribution in [2.75, 3.05) is 6.61 Å². The van der Waals surface area contributed by atoms with Crippen LogP contribution in [-0.4, -0.2) is 39.0 Å². The van der Waals surface area contributed by atoms with Crippen molar-refractivity contribution in [3.8, 4) is 0 Å². The summed E-state index contributed by atoms with van der Waals surface area (Å²) in [7, 11) is 0. The number of aromatic nitrogens is 2. The minimum absolute atomic E-state index is 0.149. The molecular formula is C9H12N2O3. The average Bonchev–Trinajstić information content (AvgIpc) is 2.23. The molecule has 5 nitrogen and oxygen atoms in total. The highest BCUT2D eigenvalue weighted by Gasteiger charge is 2.29. The van der Waals surface area contributed by atoms with E-state index >= 15 is 0 Å². The maximum Gasteiger partial charge on any atom is 0.115 e. The van der Waals surface area contributed by atoms with Gasteiger partial charge in [0, 0.05) is 12.6 Å². The fourth-order valence-electron chi connectivity index (χ4n) is 1.47. The fourth-order valence-corrected chi connectivity index (χ4v) is 1.47. The van der Waals surface area contributed by atoms with Crippen molar-refractivity contribution in [3.63, 3.8) is 0 Å². The Morgan fingerprint density at radius 2 is 2.21 bits per heavy atom. The van der Waals surface area contributed by atoms with Crippen LogP contribution in [0, 0.1) is 0 Å². The second kappa shape index (κ2) is 4.00. The first-order valence-electron chi connectivity index (χ1n) is 4.51. The summed E-state index contributed by atoms with van der Waals surface area (Å²) >= 11 is 0. The van der Waals surface area contributed by atoms with E-state index in [1.165, 1.54) is 6.33 Å². The van der Waals surface area contributed by atoms with Crippen molar-refractivity contribution < 1.29 is 14.9 Å². The summed E-state index contributed by atoms with van der Waals surface area (Å²) in [5.74, 6) is 0. The first-order chi connectivity index (χ1) is 6.77. The third-order valence-corrected chi connectivity index (χ3v) is 2.30. The summed E-state index contributed by atoms with van der Waals surface area (Å²) < 4.78 is 5.35. The molecule has 2 rings (SSSR count). The number of rotatable bonds is 1. The van der Waals surface area contributed by atoms with Crippen LogP contribution in [0.2, 0.25) is 0 Å². The fraction of sp³-hybridized carbons (Fsp3) is 0.556. The highest BCUT2D eigenvalue weighted by Crippen LogP contribution is 2.26. The predicted octanol–water partition coefficient (Wildman–Crippen LogP) is -0.340. The Kier molecular flexibility index (Phi) is 2.72. The monoisotopic (exact) mass is 196 g/mol. The Hall–Kier alpha value is -1.04. The number of aliphatic hydroxyl groups is 2. The van der Waals surface area contributed by atoms with Crippen LogP contribution in [0.1, 0.15) is 18.2 Å². The first-order valence-corrected chi connectivity index (χ1v) is 4.51. The summed E-state index contributed by atoms with van der Waals surface area (Å²) in [6.45, 7) is 0.149. The molecule has 1 aromatic rings. The molecule has 3 atom stereocenters. The molecule has 5 heteroatoms. The zero-order chi connectivity index (χ0) is 9.97. The summed E-state index contributed by atoms with van der Waals surface area (Å²) in [6, 6.07) is 1.75. The molecular weight excluding hydrogens is 184 g/mol. The van der Waals surface area contributed by atoms with Gasteiger partial charge in [-0.3, -0.25) is 0 Å². The van der Waals surface area contributed by atoms with Gasteiger partial charge >= 0.3 is 0 Å². The Morgan fingerprint density at radius 1 is 1.36 bits per heavy atom. The maximum atomic E-state index is 9.44. The van der Waals surface area contributed by atoms with Gasteiger partial charge < -0.3 is 14.9 Å². The number of hydrogen-bond acceptors (Lipinski definition) is 5. The molecule has 0 bridgehead atoms. The van der Waals surface area contributed by atoms with Crippen molar-refractivity contribution >= 4 is 0 Å². The van der Waals surface area contributed by atoms with Gasteiger partial charge in [0.1, 0.15) is 18.5 Å². The van der Waals surface area contributed by atoms with Crippen LogP contribution in [0.25, 0.3) is 0 Å². The quantitative estimate of drug-likeness (QED) is 0.642. The molecule has 0 saturated carbocycles. The van der Waals surface area contributed by atoms with E-state index in [9.17, 15) is 10.2 Å². The van der Waals surface area contributed by atoms with Crippen molar-refractivity contribution in [2.45, 2.75) is 24.7 Å². The van der Waals surface area contributed by atoms with Gasteiger partial charge in [-0.05, 0) is 6.07 Å². The van der Waals surface area contributed by atoms with Crippen LogP contribution in [0.3, 0.4) is 0 Å². The Balaban J connectivity index is 2.07. The first kappa shape index (κ1) is 9.51. The summed E-state index contributed by atoms with van der Waals surface area (Å²) in [6.07, 6.45) is 1.69. The van der Waals surface area contributed by atoms with Crippen LogP contribution < -0.4 is 0 Å². The van der Waals surface area contributed by atoms with Gasteiger partial charge in [0.05, 0.1) is 18.4 Å². The molecule has 1 fully saturated rings. The summed E-state index contributed by atoms with van der Waals surface area (Å²) in [4.78, 5) is 7.83. The zero-order valence-electron chi connectivity index (χ0n) is 7.58. The van der Waals surface area contributed by atoms with Gasteiger partial charge in [0.2, 0.25) is 0 Å². The average molecular weight is 196 g/mol. The SMILES string of the molecule is O[C@@H]1CO[C@@H](c2ccncn2)C[C@@H]1O. The lowest BCUT2D eigenvalue weighted by atomic mass is 10.0. The molecule has 2 heterocycles. The molecule has 0 aromatic carbocycles. The van der Waals surface area contributed by atoms with E-state index in [0.717, 1.165) is 5.69 Å². The Labute approximate surface area is 81.4 Å². The van der Waals surface area contributed by atoms with Crippen molar-refractivity contribution in [1.29, 1.82) is 0 Å². The van der Waals surface area contributed by atoms with Crippen molar-refractivity contribution in [3.05, 3.63) is 24.3 Å². The van der Waals surface area contributed by atoms with Gasteiger partial charge in [-0.25, -0.2) is 9.97 Å². The van der Waals surface area contributed by atoms with Gasteiger partial charge in [0.15, 0.2) is 0 Å². The lowest BCUT2D eigenvalue weighted by Gasteiger charge is -2.29. The minimum Gasteiger partial charge on any atom is -0.390 e. The molecule has 1 aliphatic heterocycles. The lowest BCUT2D eigenvalue weighted by Crippen LogP contribution is -2.38. The van der Waals surface area contributed by atoms with Crippen LogP contribution in [0.4, 0.5) is 0 Å². The van der Waals surface area contributed by atoms with Crippen molar-refractivity contribution in [1.82, 2.24) is 9.97 Å². The van der Waals surface area contributed by atoms with Crippen molar-refractivity contribution in [2.24, 2.45) is 0 Å². The van der Waals surface area contributed by atoms with E-state index in [1.807, 2.05) is 0 Å². The van der Waals surface area contributed by atoms with Crippen LogP contribution in [0.15, 0.2) is 18.6 Å². The highest BCUT2D eigenvalue weighted by molar-refractivity contribution is 5.04. The molecule has 0 amide bonds. The second-order valence-corrected chi connectivity index (χ2v) is 3.33. The Morgan fingerprint density at radius 3 is 2.86 bits per heavy atom. The smallest absolute Gasteiger partial charge is 0.115 e. The molecule has 0 unspecified atom stereocenters. The highest BCUT2D eigenvalue weighted by atomic mass is 16.5. The van der Waals surface area contributed by atoms with E-state index in [1.54, 1.807) is 12.3 Å². The van der Waals surface area contributed by atoms with E-state index in [4.69, 9.17) is 4.74 Å². The summed E-state index contributed by atoms with van der Waals surface area (Å²) in [5, 5.41) is 18.7. The largest absolute Gasteiger partial charge is 0.390 e. The lowest BCUT2D eigenvalue weighted by molar-refractivity contribution is -0.123. The van der Waals surface area contributed by atoms with Gasteiger partial charge in [-0.15, -0.1) is 0 Å².